The first-order valence-corrected chi connectivity index (χ1v) is 6.85. The number of hydrogen-bond donors (Lipinski definition) is 1. The molecule has 2 aromatic carbocycles. The minimum Gasteiger partial charge on any atom is -0.481 e. The number of carboxylic acids is 1. The molecule has 0 amide bonds. The number of halogens is 1. The molecule has 0 aliphatic carbocycles. The summed E-state index contributed by atoms with van der Waals surface area (Å²) in [7, 11) is 0. The summed E-state index contributed by atoms with van der Waals surface area (Å²) < 4.78 is 0. The van der Waals surface area contributed by atoms with Gasteiger partial charge in [-0.25, -0.2) is 0 Å². The van der Waals surface area contributed by atoms with Gasteiger partial charge in [-0.2, -0.15) is 0 Å². The summed E-state index contributed by atoms with van der Waals surface area (Å²) in [4.78, 5) is 11.8. The van der Waals surface area contributed by atoms with Gasteiger partial charge in [-0.05, 0) is 49.1 Å². The van der Waals surface area contributed by atoms with Crippen molar-refractivity contribution in [2.24, 2.45) is 0 Å². The minimum atomic E-state index is -0.945. The normalized spacial score (nSPS) is 13.8. The van der Waals surface area contributed by atoms with Gasteiger partial charge >= 0.3 is 5.97 Å². The summed E-state index contributed by atoms with van der Waals surface area (Å²) in [5, 5.41) is 10.4. The van der Waals surface area contributed by atoms with E-state index in [1.165, 1.54) is 0 Å². The zero-order chi connectivity index (χ0) is 14.8. The van der Waals surface area contributed by atoms with Crippen LogP contribution in [0.25, 0.3) is 0 Å². The average Bonchev–Trinajstić information content (AvgIpc) is 2.41. The van der Waals surface area contributed by atoms with Crippen LogP contribution >= 0.6 is 11.6 Å². The molecule has 1 atom stereocenters. The molecule has 0 fully saturated rings. The van der Waals surface area contributed by atoms with Crippen LogP contribution in [0.4, 0.5) is 0 Å². The van der Waals surface area contributed by atoms with E-state index in [0.717, 1.165) is 16.7 Å². The van der Waals surface area contributed by atoms with Crippen LogP contribution in [0.1, 0.15) is 23.6 Å². The number of carbonyl (C=O) groups is 1. The van der Waals surface area contributed by atoms with Crippen LogP contribution in [0.2, 0.25) is 5.02 Å². The monoisotopic (exact) mass is 288 g/mol. The van der Waals surface area contributed by atoms with Gasteiger partial charge in [-0.15, -0.1) is 0 Å². The first-order valence-electron chi connectivity index (χ1n) is 6.47. The number of benzene rings is 2. The maximum Gasteiger partial charge on any atom is 0.314 e. The molecule has 0 aliphatic rings. The zero-order valence-electron chi connectivity index (χ0n) is 11.6. The van der Waals surface area contributed by atoms with E-state index in [4.69, 9.17) is 11.6 Å². The van der Waals surface area contributed by atoms with Crippen LogP contribution in [-0.4, -0.2) is 11.1 Å². The highest BCUT2D eigenvalue weighted by Gasteiger charge is 2.36. The lowest BCUT2D eigenvalue weighted by Crippen LogP contribution is -2.35. The van der Waals surface area contributed by atoms with Crippen LogP contribution in [0.3, 0.4) is 0 Å². The Morgan fingerprint density at radius 1 is 1.15 bits per heavy atom. The minimum absolute atomic E-state index is 0.435. The Morgan fingerprint density at radius 2 is 1.75 bits per heavy atom. The summed E-state index contributed by atoms with van der Waals surface area (Å²) in [6.45, 7) is 3.71. The summed E-state index contributed by atoms with van der Waals surface area (Å²) in [6.07, 6.45) is 0.435. The van der Waals surface area contributed by atoms with Gasteiger partial charge in [0.25, 0.3) is 0 Å². The largest absolute Gasteiger partial charge is 0.481 e. The first kappa shape index (κ1) is 14.6. The molecule has 1 N–H and O–H groups in total. The molecule has 0 aliphatic heterocycles. The molecular formula is C17H17ClO2. The van der Waals surface area contributed by atoms with E-state index in [2.05, 4.69) is 0 Å². The van der Waals surface area contributed by atoms with Gasteiger partial charge in [0.15, 0.2) is 0 Å². The van der Waals surface area contributed by atoms with Crippen LogP contribution < -0.4 is 0 Å². The van der Waals surface area contributed by atoms with Gasteiger partial charge in [0.2, 0.25) is 0 Å². The van der Waals surface area contributed by atoms with Gasteiger partial charge < -0.3 is 5.11 Å². The van der Waals surface area contributed by atoms with Crippen molar-refractivity contribution in [2.75, 3.05) is 0 Å². The third-order valence-corrected chi connectivity index (χ3v) is 3.93. The summed E-state index contributed by atoms with van der Waals surface area (Å²) >= 11 is 5.87. The fourth-order valence-electron chi connectivity index (χ4n) is 2.49. The van der Waals surface area contributed by atoms with Crippen molar-refractivity contribution in [2.45, 2.75) is 25.7 Å². The molecule has 0 radical (unpaired) electrons. The molecule has 20 heavy (non-hydrogen) atoms. The smallest absolute Gasteiger partial charge is 0.314 e. The molecule has 0 bridgehead atoms. The fourth-order valence-corrected chi connectivity index (χ4v) is 2.61. The molecule has 0 spiro atoms. The highest BCUT2D eigenvalue weighted by Crippen LogP contribution is 2.31. The molecule has 2 rings (SSSR count). The van der Waals surface area contributed by atoms with Gasteiger partial charge in [0, 0.05) is 5.02 Å². The highest BCUT2D eigenvalue weighted by molar-refractivity contribution is 6.30. The third kappa shape index (κ3) is 2.86. The lowest BCUT2D eigenvalue weighted by molar-refractivity contribution is -0.143. The Hall–Kier alpha value is -1.80. The molecule has 0 heterocycles. The quantitative estimate of drug-likeness (QED) is 0.914. The predicted octanol–water partition coefficient (Wildman–Crippen LogP) is 4.23. The third-order valence-electron chi connectivity index (χ3n) is 3.68. The Kier molecular flexibility index (Phi) is 4.15. The van der Waals surface area contributed by atoms with Crippen molar-refractivity contribution in [3.05, 3.63) is 70.2 Å². The van der Waals surface area contributed by atoms with E-state index in [9.17, 15) is 9.90 Å². The van der Waals surface area contributed by atoms with E-state index in [-0.39, 0.29) is 0 Å². The van der Waals surface area contributed by atoms with Crippen molar-refractivity contribution in [3.8, 4) is 0 Å². The van der Waals surface area contributed by atoms with Gasteiger partial charge in [-0.1, -0.05) is 48.0 Å². The summed E-state index contributed by atoms with van der Waals surface area (Å²) in [6, 6.07) is 15.0. The van der Waals surface area contributed by atoms with Gasteiger partial charge in [-0.3, -0.25) is 4.79 Å². The van der Waals surface area contributed by atoms with Crippen LogP contribution in [0, 0.1) is 6.92 Å². The van der Waals surface area contributed by atoms with Crippen LogP contribution in [0.5, 0.6) is 0 Å². The molecule has 1 unspecified atom stereocenters. The van der Waals surface area contributed by atoms with E-state index >= 15 is 0 Å². The number of aliphatic carboxylic acids is 1. The van der Waals surface area contributed by atoms with E-state index in [1.54, 1.807) is 19.1 Å². The van der Waals surface area contributed by atoms with Crippen LogP contribution in [-0.2, 0) is 16.6 Å². The van der Waals surface area contributed by atoms with Gasteiger partial charge in [0.1, 0.15) is 0 Å². The van der Waals surface area contributed by atoms with Crippen molar-refractivity contribution >= 4 is 17.6 Å². The second-order valence-corrected chi connectivity index (χ2v) is 5.69. The topological polar surface area (TPSA) is 37.3 Å². The van der Waals surface area contributed by atoms with Crippen molar-refractivity contribution in [3.63, 3.8) is 0 Å². The second kappa shape index (κ2) is 5.68. The number of rotatable bonds is 4. The lowest BCUT2D eigenvalue weighted by atomic mass is 9.75. The molecule has 2 aromatic rings. The van der Waals surface area contributed by atoms with E-state index in [0.29, 0.717) is 11.4 Å². The lowest BCUT2D eigenvalue weighted by Gasteiger charge is -2.27. The standard InChI is InChI=1S/C17H17ClO2/c1-12-5-3-4-6-15(12)17(2,16(19)20)11-13-7-9-14(18)10-8-13/h3-10H,11H2,1-2H3,(H,19,20). The molecule has 2 nitrogen and oxygen atoms in total. The second-order valence-electron chi connectivity index (χ2n) is 5.26. The Balaban J connectivity index is 2.43. The van der Waals surface area contributed by atoms with Crippen molar-refractivity contribution < 1.29 is 9.90 Å². The Labute approximate surface area is 124 Å². The Morgan fingerprint density at radius 3 is 2.30 bits per heavy atom. The SMILES string of the molecule is Cc1ccccc1C(C)(Cc1ccc(Cl)cc1)C(=O)O. The maximum atomic E-state index is 11.8. The van der Waals surface area contributed by atoms with Gasteiger partial charge in [0.05, 0.1) is 5.41 Å². The first-order chi connectivity index (χ1) is 9.43. The molecule has 0 aromatic heterocycles. The molecular weight excluding hydrogens is 272 g/mol. The van der Waals surface area contributed by atoms with Crippen molar-refractivity contribution in [1.82, 2.24) is 0 Å². The molecule has 3 heteroatoms. The molecule has 0 saturated heterocycles. The summed E-state index contributed by atoms with van der Waals surface area (Å²) in [5.41, 5.74) is 1.86. The number of hydrogen-bond acceptors (Lipinski definition) is 1. The highest BCUT2D eigenvalue weighted by atomic mass is 35.5. The van der Waals surface area contributed by atoms with E-state index < -0.39 is 11.4 Å². The predicted molar refractivity (Wildman–Crippen MR) is 81.3 cm³/mol. The number of carboxylic acid groups (broad SMARTS) is 1. The zero-order valence-corrected chi connectivity index (χ0v) is 12.3. The Bertz CT molecular complexity index is 619. The molecule has 0 saturated carbocycles. The fraction of sp³-hybridized carbons (Fsp3) is 0.235. The number of aryl methyl sites for hydroxylation is 1. The molecule has 104 valence electrons. The van der Waals surface area contributed by atoms with E-state index in [1.807, 2.05) is 43.3 Å². The van der Waals surface area contributed by atoms with Crippen molar-refractivity contribution in [1.29, 1.82) is 0 Å². The van der Waals surface area contributed by atoms with Crippen LogP contribution in [0.15, 0.2) is 48.5 Å². The average molecular weight is 289 g/mol. The summed E-state index contributed by atoms with van der Waals surface area (Å²) in [5.74, 6) is -0.818. The maximum absolute atomic E-state index is 11.8.